The summed E-state index contributed by atoms with van der Waals surface area (Å²) in [4.78, 5) is 15.0. The van der Waals surface area contributed by atoms with Crippen LogP contribution in [0.1, 0.15) is 0 Å². The van der Waals surface area contributed by atoms with Gasteiger partial charge in [0.05, 0.1) is 6.61 Å². The number of methoxy groups -OCH3 is 1. The Bertz CT molecular complexity index is 184. The molecule has 1 heterocycles. The smallest absolute Gasteiger partial charge is 0.624 e. The second-order valence-electron chi connectivity index (χ2n) is 3.23. The van der Waals surface area contributed by atoms with Crippen molar-refractivity contribution in [1.82, 2.24) is 9.80 Å². The van der Waals surface area contributed by atoms with Gasteiger partial charge in [0.25, 0.3) is 0 Å². The van der Waals surface area contributed by atoms with Gasteiger partial charge in [0.1, 0.15) is 0 Å². The topological polar surface area (TPSA) is 42.0 Å². The van der Waals surface area contributed by atoms with Crippen LogP contribution in [0, 0.1) is 7.11 Å². The van der Waals surface area contributed by atoms with Gasteiger partial charge in [-0.25, -0.2) is 4.79 Å². The average molecular weight is 240 g/mol. The summed E-state index contributed by atoms with van der Waals surface area (Å²) in [6.07, 6.45) is -0.337. The summed E-state index contributed by atoms with van der Waals surface area (Å²) in [6.45, 7) is 4.82. The molecule has 1 amide bonds. The summed E-state index contributed by atoms with van der Waals surface area (Å²) < 4.78 is 9.38. The number of carbonyl (C=O) groups excluding carboxylic acids is 1. The van der Waals surface area contributed by atoms with Crippen LogP contribution >= 0.6 is 0 Å². The van der Waals surface area contributed by atoms with Crippen molar-refractivity contribution >= 4 is 6.09 Å². The van der Waals surface area contributed by atoms with Crippen LogP contribution in [0.15, 0.2) is 0 Å². The molecule has 5 nitrogen and oxygen atoms in total. The summed E-state index contributed by atoms with van der Waals surface area (Å²) >= 11 is 0. The molecule has 0 aromatic rings. The third-order valence-corrected chi connectivity index (χ3v) is 2.37. The molecule has 1 aliphatic rings. The predicted octanol–water partition coefficient (Wildman–Crippen LogP) is -2.82. The number of rotatable bonds is 3. The third kappa shape index (κ3) is 5.62. The van der Waals surface area contributed by atoms with Gasteiger partial charge in [-0.3, -0.25) is 4.90 Å². The van der Waals surface area contributed by atoms with Crippen molar-refractivity contribution in [3.05, 3.63) is 7.11 Å². The number of nitrogens with zero attached hydrogens (tertiary/aromatic N) is 2. The molecule has 1 saturated heterocycles. The van der Waals surface area contributed by atoms with Gasteiger partial charge in [-0.05, 0) is 0 Å². The first-order chi connectivity index (χ1) is 6.77. The standard InChI is InChI=1S/C9H17N2O3.K/c1-13-8-7-10-3-5-11(6-4-10)9(12)14-2;/h2-8H2,1H3;/q-1;+1. The first kappa shape index (κ1) is 15.8. The van der Waals surface area contributed by atoms with E-state index in [1.165, 1.54) is 0 Å². The molecule has 0 saturated carbocycles. The molecule has 0 spiro atoms. The maximum atomic E-state index is 11.1. The van der Waals surface area contributed by atoms with Crippen molar-refractivity contribution < 1.29 is 65.7 Å². The van der Waals surface area contributed by atoms with E-state index in [0.29, 0.717) is 13.1 Å². The molecule has 1 aliphatic heterocycles. The normalized spacial score (nSPS) is 17.1. The SMILES string of the molecule is [CH2-]OC(=O)N1CCN(CCOC)CC1.[K+]. The quantitative estimate of drug-likeness (QED) is 0.394. The molecule has 0 unspecified atom stereocenters. The van der Waals surface area contributed by atoms with E-state index in [1.54, 1.807) is 12.0 Å². The maximum absolute atomic E-state index is 11.1. The van der Waals surface area contributed by atoms with Crippen LogP contribution in [0.5, 0.6) is 0 Å². The third-order valence-electron chi connectivity index (χ3n) is 2.37. The van der Waals surface area contributed by atoms with E-state index in [0.717, 1.165) is 26.2 Å². The van der Waals surface area contributed by atoms with Gasteiger partial charge < -0.3 is 14.4 Å². The van der Waals surface area contributed by atoms with Gasteiger partial charge in [0, 0.05) is 39.8 Å². The minimum absolute atomic E-state index is 0. The molecule has 1 rings (SSSR count). The molecule has 15 heavy (non-hydrogen) atoms. The number of ether oxygens (including phenoxy) is 2. The van der Waals surface area contributed by atoms with Gasteiger partial charge in [-0.1, -0.05) is 0 Å². The number of hydrogen-bond acceptors (Lipinski definition) is 4. The van der Waals surface area contributed by atoms with Crippen LogP contribution in [0.25, 0.3) is 0 Å². The molecule has 0 aliphatic carbocycles. The van der Waals surface area contributed by atoms with E-state index in [4.69, 9.17) is 4.74 Å². The Morgan fingerprint density at radius 3 is 2.40 bits per heavy atom. The van der Waals surface area contributed by atoms with E-state index in [-0.39, 0.29) is 57.5 Å². The second-order valence-corrected chi connectivity index (χ2v) is 3.23. The van der Waals surface area contributed by atoms with Crippen molar-refractivity contribution in [1.29, 1.82) is 0 Å². The Labute approximate surface area is 133 Å². The summed E-state index contributed by atoms with van der Waals surface area (Å²) in [6, 6.07) is 0. The number of piperazine rings is 1. The fraction of sp³-hybridized carbons (Fsp3) is 0.778. The molecule has 1 fully saturated rings. The molecule has 0 aromatic carbocycles. The van der Waals surface area contributed by atoms with Gasteiger partial charge in [-0.15, -0.1) is 0 Å². The van der Waals surface area contributed by atoms with Crippen molar-refractivity contribution in [2.45, 2.75) is 0 Å². The Balaban J connectivity index is 0.00000196. The molecule has 0 bridgehead atoms. The first-order valence-corrected chi connectivity index (χ1v) is 4.70. The second kappa shape index (κ2) is 8.92. The molecular weight excluding hydrogens is 223 g/mol. The molecule has 0 atom stereocenters. The van der Waals surface area contributed by atoms with E-state index < -0.39 is 0 Å². The Hall–Kier alpha value is 0.826. The molecule has 82 valence electrons. The average Bonchev–Trinajstić information content (AvgIpc) is 2.26. The predicted molar refractivity (Wildman–Crippen MR) is 51.7 cm³/mol. The van der Waals surface area contributed by atoms with Crippen molar-refractivity contribution in [2.24, 2.45) is 0 Å². The Morgan fingerprint density at radius 1 is 1.33 bits per heavy atom. The van der Waals surface area contributed by atoms with Gasteiger partial charge in [0.2, 0.25) is 0 Å². The van der Waals surface area contributed by atoms with E-state index >= 15 is 0 Å². The Morgan fingerprint density at radius 2 is 1.93 bits per heavy atom. The maximum Gasteiger partial charge on any atom is 1.00 e. The minimum Gasteiger partial charge on any atom is -0.624 e. The van der Waals surface area contributed by atoms with Crippen LogP contribution in [0.2, 0.25) is 0 Å². The fourth-order valence-electron chi connectivity index (χ4n) is 1.47. The van der Waals surface area contributed by atoms with Crippen molar-refractivity contribution in [3.8, 4) is 0 Å². The van der Waals surface area contributed by atoms with E-state index in [2.05, 4.69) is 16.7 Å². The van der Waals surface area contributed by atoms with Crippen LogP contribution in [0.3, 0.4) is 0 Å². The number of amides is 1. The summed E-state index contributed by atoms with van der Waals surface area (Å²) in [5.74, 6) is 0. The molecule has 0 radical (unpaired) electrons. The molecular formula is C9H17KN2O3. The molecule has 0 N–H and O–H groups in total. The molecule has 6 heteroatoms. The largest absolute Gasteiger partial charge is 1.00 e. The van der Waals surface area contributed by atoms with Crippen molar-refractivity contribution in [3.63, 3.8) is 0 Å². The number of hydrogen-bond donors (Lipinski definition) is 0. The zero-order valence-electron chi connectivity index (χ0n) is 9.57. The first-order valence-electron chi connectivity index (χ1n) is 4.70. The monoisotopic (exact) mass is 240 g/mol. The van der Waals surface area contributed by atoms with Crippen molar-refractivity contribution in [2.75, 3.05) is 46.4 Å². The fourth-order valence-corrected chi connectivity index (χ4v) is 1.47. The van der Waals surface area contributed by atoms with Crippen LogP contribution < -0.4 is 51.4 Å². The van der Waals surface area contributed by atoms with E-state index in [9.17, 15) is 4.79 Å². The Kier molecular flexibility index (Phi) is 9.41. The molecule has 0 aromatic heterocycles. The van der Waals surface area contributed by atoms with Gasteiger partial charge >= 0.3 is 57.5 Å². The van der Waals surface area contributed by atoms with E-state index in [1.807, 2.05) is 0 Å². The van der Waals surface area contributed by atoms with Crippen LogP contribution in [-0.4, -0.2) is 62.3 Å². The zero-order valence-corrected chi connectivity index (χ0v) is 12.7. The summed E-state index contributed by atoms with van der Waals surface area (Å²) in [5.41, 5.74) is 0. The number of carbonyl (C=O) groups is 1. The summed E-state index contributed by atoms with van der Waals surface area (Å²) in [5, 5.41) is 0. The van der Waals surface area contributed by atoms with Crippen LogP contribution in [0.4, 0.5) is 4.79 Å². The zero-order chi connectivity index (χ0) is 10.4. The van der Waals surface area contributed by atoms with Crippen LogP contribution in [-0.2, 0) is 9.47 Å². The van der Waals surface area contributed by atoms with Gasteiger partial charge in [0.15, 0.2) is 0 Å². The minimum atomic E-state index is -0.337. The summed E-state index contributed by atoms with van der Waals surface area (Å²) in [7, 11) is 4.80. The van der Waals surface area contributed by atoms with Gasteiger partial charge in [-0.2, -0.15) is 7.11 Å².